The first-order valence-corrected chi connectivity index (χ1v) is 7.39. The molecule has 0 spiro atoms. The second-order valence-corrected chi connectivity index (χ2v) is 6.84. The zero-order valence-electron chi connectivity index (χ0n) is 12.4. The summed E-state index contributed by atoms with van der Waals surface area (Å²) in [5.74, 6) is 2.27. The molecule has 0 amide bonds. The van der Waals surface area contributed by atoms with Gasteiger partial charge in [0.05, 0.1) is 0 Å². The molecule has 2 heteroatoms. The van der Waals surface area contributed by atoms with E-state index in [-0.39, 0.29) is 0 Å². The van der Waals surface area contributed by atoms with E-state index in [1.165, 1.54) is 25.8 Å². The minimum absolute atomic E-state index is 0.380. The molecular formula is C15H32N2. The molecule has 1 rings (SSSR count). The van der Waals surface area contributed by atoms with Gasteiger partial charge in [-0.05, 0) is 43.6 Å². The molecule has 2 unspecified atom stereocenters. The third-order valence-corrected chi connectivity index (χ3v) is 4.05. The molecule has 0 saturated carbocycles. The monoisotopic (exact) mass is 240 g/mol. The van der Waals surface area contributed by atoms with E-state index in [0.717, 1.165) is 24.4 Å². The van der Waals surface area contributed by atoms with Crippen molar-refractivity contribution in [1.29, 1.82) is 0 Å². The molecule has 1 heterocycles. The van der Waals surface area contributed by atoms with Gasteiger partial charge < -0.3 is 5.73 Å². The van der Waals surface area contributed by atoms with E-state index < -0.39 is 0 Å². The number of piperidine rings is 1. The van der Waals surface area contributed by atoms with E-state index in [1.54, 1.807) is 0 Å². The van der Waals surface area contributed by atoms with Gasteiger partial charge in [-0.15, -0.1) is 0 Å². The molecule has 102 valence electrons. The first kappa shape index (κ1) is 15.0. The van der Waals surface area contributed by atoms with Crippen LogP contribution in [0, 0.1) is 17.8 Å². The van der Waals surface area contributed by atoms with Gasteiger partial charge in [0.1, 0.15) is 0 Å². The van der Waals surface area contributed by atoms with E-state index in [4.69, 9.17) is 5.73 Å². The van der Waals surface area contributed by atoms with Gasteiger partial charge in [0.25, 0.3) is 0 Å². The number of hydrogen-bond donors (Lipinski definition) is 1. The highest BCUT2D eigenvalue weighted by molar-refractivity contribution is 4.85. The Hall–Kier alpha value is -0.0800. The first-order chi connectivity index (χ1) is 7.90. The predicted molar refractivity (Wildman–Crippen MR) is 76.0 cm³/mol. The van der Waals surface area contributed by atoms with E-state index in [9.17, 15) is 0 Å². The Morgan fingerprint density at radius 1 is 1.12 bits per heavy atom. The fourth-order valence-corrected chi connectivity index (χ4v) is 2.94. The second kappa shape index (κ2) is 6.75. The Bertz CT molecular complexity index is 203. The van der Waals surface area contributed by atoms with Crippen molar-refractivity contribution in [3.63, 3.8) is 0 Å². The van der Waals surface area contributed by atoms with Crippen LogP contribution in [0.2, 0.25) is 0 Å². The topological polar surface area (TPSA) is 29.3 Å². The van der Waals surface area contributed by atoms with E-state index in [0.29, 0.717) is 12.0 Å². The van der Waals surface area contributed by atoms with Crippen molar-refractivity contribution in [2.24, 2.45) is 23.5 Å². The Kier molecular flexibility index (Phi) is 5.94. The molecule has 0 bridgehead atoms. The van der Waals surface area contributed by atoms with Crippen molar-refractivity contribution < 1.29 is 0 Å². The third kappa shape index (κ3) is 4.97. The smallest absolute Gasteiger partial charge is 0.0194 e. The summed E-state index contributed by atoms with van der Waals surface area (Å²) in [7, 11) is 0. The van der Waals surface area contributed by atoms with Gasteiger partial charge in [0.15, 0.2) is 0 Å². The highest BCUT2D eigenvalue weighted by Crippen LogP contribution is 2.24. The predicted octanol–water partition coefficient (Wildman–Crippen LogP) is 3.12. The molecule has 0 radical (unpaired) electrons. The summed E-state index contributed by atoms with van der Waals surface area (Å²) in [6.45, 7) is 14.0. The number of nitrogens with zero attached hydrogens (tertiary/aromatic N) is 1. The van der Waals surface area contributed by atoms with Crippen LogP contribution in [0.5, 0.6) is 0 Å². The average Bonchev–Trinajstić information content (AvgIpc) is 2.19. The lowest BCUT2D eigenvalue weighted by atomic mass is 9.89. The summed E-state index contributed by atoms with van der Waals surface area (Å²) in [6.07, 6.45) is 3.91. The van der Waals surface area contributed by atoms with Crippen molar-refractivity contribution in [1.82, 2.24) is 4.90 Å². The Labute approximate surface area is 108 Å². The number of nitrogens with two attached hydrogens (primary N) is 1. The van der Waals surface area contributed by atoms with Crippen molar-refractivity contribution >= 4 is 0 Å². The Morgan fingerprint density at radius 2 is 1.65 bits per heavy atom. The van der Waals surface area contributed by atoms with Gasteiger partial charge in [0, 0.05) is 18.6 Å². The highest BCUT2D eigenvalue weighted by Gasteiger charge is 2.28. The number of hydrogen-bond acceptors (Lipinski definition) is 2. The summed E-state index contributed by atoms with van der Waals surface area (Å²) in [6, 6.07) is 1.12. The van der Waals surface area contributed by atoms with Gasteiger partial charge in [-0.1, -0.05) is 34.6 Å². The van der Waals surface area contributed by atoms with Crippen LogP contribution in [-0.4, -0.2) is 30.1 Å². The average molecular weight is 240 g/mol. The van der Waals surface area contributed by atoms with Crippen LogP contribution in [0.15, 0.2) is 0 Å². The maximum Gasteiger partial charge on any atom is 0.0194 e. The van der Waals surface area contributed by atoms with Crippen molar-refractivity contribution in [3.8, 4) is 0 Å². The number of rotatable bonds is 5. The molecular weight excluding hydrogens is 208 g/mol. The largest absolute Gasteiger partial charge is 0.326 e. The Morgan fingerprint density at radius 3 is 2.06 bits per heavy atom. The first-order valence-electron chi connectivity index (χ1n) is 7.39. The lowest BCUT2D eigenvalue weighted by molar-refractivity contribution is 0.0944. The fraction of sp³-hybridized carbons (Fsp3) is 1.00. The fourth-order valence-electron chi connectivity index (χ4n) is 2.94. The SMILES string of the molecule is CC(C)CC(CC(C)C)N1CCC(C)C(N)C1. The lowest BCUT2D eigenvalue weighted by Crippen LogP contribution is -2.51. The van der Waals surface area contributed by atoms with Crippen LogP contribution in [0.4, 0.5) is 0 Å². The van der Waals surface area contributed by atoms with Crippen molar-refractivity contribution in [3.05, 3.63) is 0 Å². The zero-order valence-corrected chi connectivity index (χ0v) is 12.4. The van der Waals surface area contributed by atoms with Crippen LogP contribution in [-0.2, 0) is 0 Å². The van der Waals surface area contributed by atoms with E-state index >= 15 is 0 Å². The molecule has 1 aliphatic heterocycles. The van der Waals surface area contributed by atoms with Crippen molar-refractivity contribution in [2.45, 2.75) is 66.0 Å². The Balaban J connectivity index is 2.56. The maximum atomic E-state index is 6.23. The van der Waals surface area contributed by atoms with Crippen molar-refractivity contribution in [2.75, 3.05) is 13.1 Å². The normalized spacial score (nSPS) is 27.4. The van der Waals surface area contributed by atoms with Gasteiger partial charge in [-0.2, -0.15) is 0 Å². The minimum Gasteiger partial charge on any atom is -0.326 e. The number of likely N-dealkylation sites (tertiary alicyclic amines) is 1. The second-order valence-electron chi connectivity index (χ2n) is 6.84. The van der Waals surface area contributed by atoms with Gasteiger partial charge >= 0.3 is 0 Å². The molecule has 17 heavy (non-hydrogen) atoms. The van der Waals surface area contributed by atoms with Gasteiger partial charge in [-0.25, -0.2) is 0 Å². The van der Waals surface area contributed by atoms with Gasteiger partial charge in [0.2, 0.25) is 0 Å². The van der Waals surface area contributed by atoms with Gasteiger partial charge in [-0.3, -0.25) is 4.90 Å². The molecule has 1 fully saturated rings. The molecule has 2 atom stereocenters. The van der Waals surface area contributed by atoms with E-state index in [2.05, 4.69) is 39.5 Å². The standard InChI is InChI=1S/C15H32N2/c1-11(2)8-14(9-12(3)4)17-7-6-13(5)15(16)10-17/h11-15H,6-10,16H2,1-5H3. The third-order valence-electron chi connectivity index (χ3n) is 4.05. The minimum atomic E-state index is 0.380. The highest BCUT2D eigenvalue weighted by atomic mass is 15.2. The summed E-state index contributed by atoms with van der Waals surface area (Å²) >= 11 is 0. The molecule has 0 aliphatic carbocycles. The summed E-state index contributed by atoms with van der Waals surface area (Å²) in [4.78, 5) is 2.66. The molecule has 1 saturated heterocycles. The van der Waals surface area contributed by atoms with E-state index in [1.807, 2.05) is 0 Å². The summed E-state index contributed by atoms with van der Waals surface area (Å²) in [5.41, 5.74) is 6.23. The van der Waals surface area contributed by atoms with Crippen LogP contribution in [0.25, 0.3) is 0 Å². The summed E-state index contributed by atoms with van der Waals surface area (Å²) in [5, 5.41) is 0. The van der Waals surface area contributed by atoms with Crippen LogP contribution < -0.4 is 5.73 Å². The molecule has 0 aromatic carbocycles. The molecule has 1 aliphatic rings. The lowest BCUT2D eigenvalue weighted by Gasteiger charge is -2.41. The zero-order chi connectivity index (χ0) is 13.0. The molecule has 0 aromatic rings. The molecule has 0 aromatic heterocycles. The molecule has 2 N–H and O–H groups in total. The van der Waals surface area contributed by atoms with Crippen LogP contribution in [0.1, 0.15) is 53.9 Å². The quantitative estimate of drug-likeness (QED) is 0.800. The summed E-state index contributed by atoms with van der Waals surface area (Å²) < 4.78 is 0. The van der Waals surface area contributed by atoms with Crippen LogP contribution in [0.3, 0.4) is 0 Å². The maximum absolute atomic E-state index is 6.23. The molecule has 2 nitrogen and oxygen atoms in total. The van der Waals surface area contributed by atoms with Crippen LogP contribution >= 0.6 is 0 Å².